The highest BCUT2D eigenvalue weighted by Gasteiger charge is 2.20. The fourth-order valence-corrected chi connectivity index (χ4v) is 9.07. The predicted octanol–water partition coefficient (Wildman–Crippen LogP) is 12.3. The van der Waals surface area contributed by atoms with Crippen molar-refractivity contribution in [3.63, 3.8) is 0 Å². The molecule has 10 aromatic rings. The topological polar surface area (TPSA) is 51.6 Å². The lowest BCUT2D eigenvalue weighted by Crippen LogP contribution is -1.95. The largest absolute Gasteiger partial charge is 0.228 e. The van der Waals surface area contributed by atoms with Crippen molar-refractivity contribution < 1.29 is 0 Å². The minimum Gasteiger partial charge on any atom is -0.228 e. The number of benzene rings is 6. The molecule has 0 fully saturated rings. The van der Waals surface area contributed by atoms with Crippen molar-refractivity contribution in [2.75, 3.05) is 0 Å². The van der Waals surface area contributed by atoms with E-state index in [1.165, 1.54) is 24.9 Å². The summed E-state index contributed by atoms with van der Waals surface area (Å²) in [5, 5.41) is 3.52. The molecular formula is C44H26N4S2. The second-order valence-corrected chi connectivity index (χ2v) is 14.4. The molecule has 10 rings (SSSR count). The first-order valence-corrected chi connectivity index (χ1v) is 18.1. The van der Waals surface area contributed by atoms with E-state index in [0.717, 1.165) is 66.3 Å². The van der Waals surface area contributed by atoms with Gasteiger partial charge in [-0.15, -0.1) is 22.7 Å². The highest BCUT2D eigenvalue weighted by atomic mass is 32.1. The van der Waals surface area contributed by atoms with Crippen LogP contribution in [0.3, 0.4) is 0 Å². The zero-order valence-electron chi connectivity index (χ0n) is 26.6. The normalized spacial score (nSPS) is 11.6. The Labute approximate surface area is 296 Å². The molecule has 6 aromatic carbocycles. The Morgan fingerprint density at radius 2 is 1.04 bits per heavy atom. The van der Waals surface area contributed by atoms with Crippen LogP contribution in [0.4, 0.5) is 0 Å². The van der Waals surface area contributed by atoms with Gasteiger partial charge in [0.2, 0.25) is 0 Å². The van der Waals surface area contributed by atoms with Crippen molar-refractivity contribution in [2.24, 2.45) is 0 Å². The van der Waals surface area contributed by atoms with Gasteiger partial charge in [0.1, 0.15) is 0 Å². The van der Waals surface area contributed by atoms with Crippen LogP contribution >= 0.6 is 22.7 Å². The molecular weight excluding hydrogens is 649 g/mol. The van der Waals surface area contributed by atoms with E-state index in [2.05, 4.69) is 115 Å². The van der Waals surface area contributed by atoms with Gasteiger partial charge in [0.25, 0.3) is 0 Å². The summed E-state index contributed by atoms with van der Waals surface area (Å²) in [7, 11) is 0. The van der Waals surface area contributed by atoms with Crippen molar-refractivity contribution in [1.82, 2.24) is 19.9 Å². The molecule has 0 radical (unpaired) electrons. The summed E-state index contributed by atoms with van der Waals surface area (Å²) in [6.07, 6.45) is 0. The Balaban J connectivity index is 1.16. The Hall–Kier alpha value is -6.08. The van der Waals surface area contributed by atoms with Gasteiger partial charge in [-0.2, -0.15) is 0 Å². The lowest BCUT2D eigenvalue weighted by atomic mass is 10.0. The zero-order valence-corrected chi connectivity index (χ0v) is 28.2. The summed E-state index contributed by atoms with van der Waals surface area (Å²) in [5.41, 5.74) is 8.99. The van der Waals surface area contributed by atoms with Crippen molar-refractivity contribution >= 4 is 63.1 Å². The fourth-order valence-electron chi connectivity index (χ4n) is 6.74. The summed E-state index contributed by atoms with van der Waals surface area (Å²) < 4.78 is 4.72. The average molecular weight is 675 g/mol. The molecule has 0 saturated carbocycles. The molecule has 0 aliphatic carbocycles. The zero-order chi connectivity index (χ0) is 33.0. The maximum absolute atomic E-state index is 5.30. The molecule has 0 bridgehead atoms. The third kappa shape index (κ3) is 4.88. The number of fused-ring (bicyclic) bond motifs is 6. The van der Waals surface area contributed by atoms with Gasteiger partial charge >= 0.3 is 0 Å². The van der Waals surface area contributed by atoms with Crippen LogP contribution in [0.5, 0.6) is 0 Å². The predicted molar refractivity (Wildman–Crippen MR) is 211 cm³/mol. The summed E-state index contributed by atoms with van der Waals surface area (Å²) in [6, 6.07) is 54.8. The average Bonchev–Trinajstić information content (AvgIpc) is 3.76. The van der Waals surface area contributed by atoms with Gasteiger partial charge in [0.15, 0.2) is 11.6 Å². The Bertz CT molecular complexity index is 2800. The second kappa shape index (κ2) is 11.8. The van der Waals surface area contributed by atoms with E-state index in [9.17, 15) is 0 Å². The highest BCUT2D eigenvalue weighted by Crippen LogP contribution is 2.44. The minimum atomic E-state index is 0.711. The van der Waals surface area contributed by atoms with Crippen molar-refractivity contribution in [2.45, 2.75) is 0 Å². The SMILES string of the molecule is c1ccc(-c2cc(-c3ccc4c(c3)sc3cccc(-c5nc(-c6ccccc6)c6sc7ccccc7c6n5)c34)nc(-c3ccccc3)n2)cc1. The molecule has 4 aromatic heterocycles. The van der Waals surface area contributed by atoms with Gasteiger partial charge in [-0.05, 0) is 24.3 Å². The maximum Gasteiger partial charge on any atom is 0.161 e. The van der Waals surface area contributed by atoms with Crippen LogP contribution in [0.25, 0.3) is 97.0 Å². The molecule has 0 spiro atoms. The maximum atomic E-state index is 5.30. The first-order valence-electron chi connectivity index (χ1n) is 16.5. The Morgan fingerprint density at radius 1 is 0.380 bits per heavy atom. The van der Waals surface area contributed by atoms with Gasteiger partial charge in [-0.1, -0.05) is 133 Å². The van der Waals surface area contributed by atoms with E-state index in [0.29, 0.717) is 5.82 Å². The Kier molecular flexibility index (Phi) is 6.82. The molecule has 6 heteroatoms. The van der Waals surface area contributed by atoms with Gasteiger partial charge in [-0.25, -0.2) is 19.9 Å². The van der Waals surface area contributed by atoms with Gasteiger partial charge < -0.3 is 0 Å². The summed E-state index contributed by atoms with van der Waals surface area (Å²) in [5.74, 6) is 1.45. The third-order valence-electron chi connectivity index (χ3n) is 9.13. The fraction of sp³-hybridized carbons (Fsp3) is 0. The van der Waals surface area contributed by atoms with Crippen LogP contribution in [-0.2, 0) is 0 Å². The molecule has 0 saturated heterocycles. The second-order valence-electron chi connectivity index (χ2n) is 12.2. The van der Waals surface area contributed by atoms with E-state index in [1.807, 2.05) is 42.5 Å². The summed E-state index contributed by atoms with van der Waals surface area (Å²) in [6.45, 7) is 0. The molecule has 0 atom stereocenters. The van der Waals surface area contributed by atoms with Crippen LogP contribution in [0.15, 0.2) is 158 Å². The van der Waals surface area contributed by atoms with E-state index >= 15 is 0 Å². The van der Waals surface area contributed by atoms with Crippen molar-refractivity contribution in [3.8, 4) is 56.5 Å². The van der Waals surface area contributed by atoms with Crippen LogP contribution in [0, 0.1) is 0 Å². The molecule has 0 unspecified atom stereocenters. The molecule has 4 nitrogen and oxygen atoms in total. The van der Waals surface area contributed by atoms with Gasteiger partial charge in [-0.3, -0.25) is 0 Å². The highest BCUT2D eigenvalue weighted by molar-refractivity contribution is 7.26. The molecule has 0 N–H and O–H groups in total. The smallest absolute Gasteiger partial charge is 0.161 e. The molecule has 4 heterocycles. The van der Waals surface area contributed by atoms with Crippen LogP contribution in [0.1, 0.15) is 0 Å². The monoisotopic (exact) mass is 674 g/mol. The van der Waals surface area contributed by atoms with Crippen LogP contribution in [-0.4, -0.2) is 19.9 Å². The van der Waals surface area contributed by atoms with E-state index < -0.39 is 0 Å². The quantitative estimate of drug-likeness (QED) is 0.182. The first-order chi connectivity index (χ1) is 24.8. The third-order valence-corrected chi connectivity index (χ3v) is 11.4. The van der Waals surface area contributed by atoms with Crippen molar-refractivity contribution in [1.29, 1.82) is 0 Å². The van der Waals surface area contributed by atoms with Crippen LogP contribution < -0.4 is 0 Å². The number of aromatic nitrogens is 4. The van der Waals surface area contributed by atoms with E-state index in [1.54, 1.807) is 22.7 Å². The van der Waals surface area contributed by atoms with Gasteiger partial charge in [0, 0.05) is 58.1 Å². The molecule has 234 valence electrons. The number of hydrogen-bond donors (Lipinski definition) is 0. The lowest BCUT2D eigenvalue weighted by Gasteiger charge is -2.10. The van der Waals surface area contributed by atoms with Gasteiger partial charge in [0.05, 0.1) is 27.3 Å². The van der Waals surface area contributed by atoms with E-state index in [4.69, 9.17) is 19.9 Å². The summed E-state index contributed by atoms with van der Waals surface area (Å²) >= 11 is 3.55. The molecule has 0 aliphatic rings. The summed E-state index contributed by atoms with van der Waals surface area (Å²) in [4.78, 5) is 20.7. The van der Waals surface area contributed by atoms with E-state index in [-0.39, 0.29) is 0 Å². The minimum absolute atomic E-state index is 0.711. The number of hydrogen-bond acceptors (Lipinski definition) is 6. The molecule has 0 aliphatic heterocycles. The first kappa shape index (κ1) is 28.9. The number of thiophene rings is 2. The standard InChI is InChI=1S/C44H26N4S2/c1-4-13-27(14-5-1)34-26-35(46-43(45-34)29-17-8-3-9-18-29)30-23-24-31-38(25-30)49-37-22-12-20-33(39(31)37)44-47-40(28-15-6-2-7-16-28)42-41(48-44)32-19-10-11-21-36(32)50-42/h1-26H. The molecule has 50 heavy (non-hydrogen) atoms. The van der Waals surface area contributed by atoms with Crippen molar-refractivity contribution in [3.05, 3.63) is 158 Å². The lowest BCUT2D eigenvalue weighted by molar-refractivity contribution is 1.18. The number of rotatable bonds is 5. The number of nitrogens with zero attached hydrogens (tertiary/aromatic N) is 4. The van der Waals surface area contributed by atoms with Crippen LogP contribution in [0.2, 0.25) is 0 Å². The molecule has 0 amide bonds. The Morgan fingerprint density at radius 3 is 1.82 bits per heavy atom.